The third kappa shape index (κ3) is 3.70. The fourth-order valence-electron chi connectivity index (χ4n) is 1.81. The van der Waals surface area contributed by atoms with Gasteiger partial charge in [0.25, 0.3) is 0 Å². The van der Waals surface area contributed by atoms with Gasteiger partial charge in [0.1, 0.15) is 0 Å². The maximum atomic E-state index is 5.89. The summed E-state index contributed by atoms with van der Waals surface area (Å²) in [5.74, 6) is 0.566. The third-order valence-corrected chi connectivity index (χ3v) is 2.98. The Morgan fingerprint density at radius 1 is 1.46 bits per heavy atom. The number of halogens is 1. The lowest BCUT2D eigenvalue weighted by molar-refractivity contribution is -0.0496. The molecule has 2 unspecified atom stereocenters. The van der Waals surface area contributed by atoms with Crippen LogP contribution in [0.1, 0.15) is 39.0 Å². The molecule has 2 atom stereocenters. The van der Waals surface area contributed by atoms with Crippen molar-refractivity contribution in [3.8, 4) is 0 Å². The van der Waals surface area contributed by atoms with Crippen LogP contribution in [0.25, 0.3) is 0 Å². The molecule has 1 heterocycles. The highest BCUT2D eigenvalue weighted by molar-refractivity contribution is 6.19. The largest absolute Gasteiger partial charge is 0.375 e. The van der Waals surface area contributed by atoms with Crippen molar-refractivity contribution < 1.29 is 4.74 Å². The van der Waals surface area contributed by atoms with Crippen molar-refractivity contribution in [2.75, 3.05) is 5.88 Å². The second-order valence-electron chi connectivity index (χ2n) is 3.81. The van der Waals surface area contributed by atoms with Gasteiger partial charge in [0.15, 0.2) is 0 Å². The van der Waals surface area contributed by atoms with Crippen LogP contribution in [0, 0.1) is 0 Å². The van der Waals surface area contributed by atoms with E-state index in [-0.39, 0.29) is 0 Å². The molecule has 0 aromatic carbocycles. The molecule has 0 aliphatic carbocycles. The zero-order valence-corrected chi connectivity index (χ0v) is 9.15. The number of ether oxygens (including phenoxy) is 1. The Labute approximate surface area is 86.1 Å². The zero-order valence-electron chi connectivity index (χ0n) is 8.39. The van der Waals surface area contributed by atoms with Crippen molar-refractivity contribution in [2.45, 2.75) is 51.2 Å². The molecule has 0 amide bonds. The first-order valence-corrected chi connectivity index (χ1v) is 5.67. The maximum Gasteiger partial charge on any atom is 0.0616 e. The Balaban J connectivity index is 2.29. The van der Waals surface area contributed by atoms with E-state index in [0.29, 0.717) is 18.1 Å². The molecule has 0 aromatic rings. The molecule has 0 N–H and O–H groups in total. The van der Waals surface area contributed by atoms with Gasteiger partial charge in [0.2, 0.25) is 0 Å². The summed E-state index contributed by atoms with van der Waals surface area (Å²) in [4.78, 5) is 0. The molecular formula is C11H19ClO. The summed E-state index contributed by atoms with van der Waals surface area (Å²) in [6.45, 7) is 6.09. The van der Waals surface area contributed by atoms with E-state index >= 15 is 0 Å². The van der Waals surface area contributed by atoms with Crippen LogP contribution in [0.5, 0.6) is 0 Å². The number of hydrogen-bond acceptors (Lipinski definition) is 1. The summed E-state index contributed by atoms with van der Waals surface area (Å²) in [6, 6.07) is 0. The van der Waals surface area contributed by atoms with Crippen LogP contribution in [0.4, 0.5) is 0 Å². The first-order chi connectivity index (χ1) is 6.26. The lowest BCUT2D eigenvalue weighted by Gasteiger charge is -2.29. The van der Waals surface area contributed by atoms with Crippen LogP contribution in [-0.4, -0.2) is 18.1 Å². The summed E-state index contributed by atoms with van der Waals surface area (Å²) in [7, 11) is 0. The van der Waals surface area contributed by atoms with Crippen LogP contribution in [0.3, 0.4) is 0 Å². The van der Waals surface area contributed by atoms with Gasteiger partial charge in [-0.15, -0.1) is 11.6 Å². The predicted octanol–water partition coefficient (Wildman–Crippen LogP) is 3.52. The minimum Gasteiger partial charge on any atom is -0.375 e. The summed E-state index contributed by atoms with van der Waals surface area (Å²) < 4.78 is 5.89. The minimum atomic E-state index is 0.380. The van der Waals surface area contributed by atoms with E-state index in [9.17, 15) is 0 Å². The SMILES string of the molecule is C=C(CCl)CC1CCCC(CC)O1. The molecule has 13 heavy (non-hydrogen) atoms. The monoisotopic (exact) mass is 202 g/mol. The highest BCUT2D eigenvalue weighted by Gasteiger charge is 2.21. The Morgan fingerprint density at radius 2 is 2.15 bits per heavy atom. The van der Waals surface area contributed by atoms with E-state index in [1.807, 2.05) is 0 Å². The fraction of sp³-hybridized carbons (Fsp3) is 0.818. The van der Waals surface area contributed by atoms with Gasteiger partial charge in [-0.2, -0.15) is 0 Å². The van der Waals surface area contributed by atoms with Crippen molar-refractivity contribution in [3.63, 3.8) is 0 Å². The molecular weight excluding hydrogens is 184 g/mol. The first kappa shape index (κ1) is 11.1. The van der Waals surface area contributed by atoms with Gasteiger partial charge in [0, 0.05) is 5.88 Å². The zero-order chi connectivity index (χ0) is 9.68. The van der Waals surface area contributed by atoms with Crippen molar-refractivity contribution in [3.05, 3.63) is 12.2 Å². The number of alkyl halides is 1. The molecule has 2 heteroatoms. The molecule has 0 spiro atoms. The average molecular weight is 203 g/mol. The highest BCUT2D eigenvalue weighted by atomic mass is 35.5. The molecule has 0 saturated carbocycles. The molecule has 0 aromatic heterocycles. The maximum absolute atomic E-state index is 5.89. The van der Waals surface area contributed by atoms with Crippen molar-refractivity contribution in [1.29, 1.82) is 0 Å². The van der Waals surface area contributed by atoms with E-state index in [1.165, 1.54) is 19.3 Å². The summed E-state index contributed by atoms with van der Waals surface area (Å²) >= 11 is 5.69. The highest BCUT2D eigenvalue weighted by Crippen LogP contribution is 2.24. The normalized spacial score (nSPS) is 28.8. The third-order valence-electron chi connectivity index (χ3n) is 2.60. The van der Waals surface area contributed by atoms with Gasteiger partial charge in [0.05, 0.1) is 12.2 Å². The van der Waals surface area contributed by atoms with Crippen molar-refractivity contribution in [1.82, 2.24) is 0 Å². The van der Waals surface area contributed by atoms with Crippen LogP contribution in [0.15, 0.2) is 12.2 Å². The molecule has 0 bridgehead atoms. The first-order valence-electron chi connectivity index (χ1n) is 5.14. The van der Waals surface area contributed by atoms with E-state index in [2.05, 4.69) is 13.5 Å². The van der Waals surface area contributed by atoms with Gasteiger partial charge >= 0.3 is 0 Å². The Hall–Kier alpha value is -0.0100. The Bertz CT molecular complexity index is 167. The molecule has 1 aliphatic heterocycles. The second kappa shape index (κ2) is 5.66. The molecule has 1 nitrogen and oxygen atoms in total. The summed E-state index contributed by atoms with van der Waals surface area (Å²) in [6.07, 6.45) is 6.61. The van der Waals surface area contributed by atoms with Gasteiger partial charge in [-0.1, -0.05) is 19.1 Å². The Kier molecular flexibility index (Phi) is 4.82. The van der Waals surface area contributed by atoms with Gasteiger partial charge in [-0.25, -0.2) is 0 Å². The van der Waals surface area contributed by atoms with Crippen molar-refractivity contribution >= 4 is 11.6 Å². The summed E-state index contributed by atoms with van der Waals surface area (Å²) in [5.41, 5.74) is 1.10. The predicted molar refractivity (Wildman–Crippen MR) is 57.3 cm³/mol. The fourth-order valence-corrected chi connectivity index (χ4v) is 1.92. The smallest absolute Gasteiger partial charge is 0.0616 e. The lowest BCUT2D eigenvalue weighted by Crippen LogP contribution is -2.27. The Morgan fingerprint density at radius 3 is 2.77 bits per heavy atom. The topological polar surface area (TPSA) is 9.23 Å². The molecule has 1 rings (SSSR count). The van der Waals surface area contributed by atoms with Crippen LogP contribution in [0.2, 0.25) is 0 Å². The second-order valence-corrected chi connectivity index (χ2v) is 4.07. The number of rotatable bonds is 4. The van der Waals surface area contributed by atoms with Crippen LogP contribution < -0.4 is 0 Å². The van der Waals surface area contributed by atoms with Crippen molar-refractivity contribution in [2.24, 2.45) is 0 Å². The quantitative estimate of drug-likeness (QED) is 0.501. The van der Waals surface area contributed by atoms with E-state index in [0.717, 1.165) is 18.4 Å². The summed E-state index contributed by atoms with van der Waals surface area (Å²) in [5, 5.41) is 0. The molecule has 1 saturated heterocycles. The van der Waals surface area contributed by atoms with Crippen LogP contribution >= 0.6 is 11.6 Å². The van der Waals surface area contributed by atoms with Gasteiger partial charge in [-0.3, -0.25) is 0 Å². The molecule has 0 radical (unpaired) electrons. The molecule has 1 aliphatic rings. The van der Waals surface area contributed by atoms with E-state index < -0.39 is 0 Å². The van der Waals surface area contributed by atoms with Crippen LogP contribution in [-0.2, 0) is 4.74 Å². The van der Waals surface area contributed by atoms with E-state index in [1.54, 1.807) is 0 Å². The van der Waals surface area contributed by atoms with E-state index in [4.69, 9.17) is 16.3 Å². The molecule has 76 valence electrons. The average Bonchev–Trinajstić information content (AvgIpc) is 2.18. The molecule has 1 fully saturated rings. The standard InChI is InChI=1S/C11H19ClO/c1-3-10-5-4-6-11(13-10)7-9(2)8-12/h10-11H,2-8H2,1H3. The number of hydrogen-bond donors (Lipinski definition) is 0. The van der Waals surface area contributed by atoms with Gasteiger partial charge < -0.3 is 4.74 Å². The lowest BCUT2D eigenvalue weighted by atomic mass is 9.98. The van der Waals surface area contributed by atoms with Gasteiger partial charge in [-0.05, 0) is 32.1 Å². The minimum absolute atomic E-state index is 0.380.